The van der Waals surface area contributed by atoms with E-state index in [4.69, 9.17) is 4.74 Å². The second-order valence-corrected chi connectivity index (χ2v) is 7.24. The van der Waals surface area contributed by atoms with Crippen molar-refractivity contribution in [2.45, 2.75) is 26.2 Å². The molecule has 0 atom stereocenters. The number of rotatable bonds is 11. The highest BCUT2D eigenvalue weighted by Crippen LogP contribution is 2.28. The van der Waals surface area contributed by atoms with E-state index in [0.29, 0.717) is 18.7 Å². The van der Waals surface area contributed by atoms with Gasteiger partial charge in [0.25, 0.3) is 5.91 Å². The maximum Gasteiger partial charge on any atom is 0.251 e. The van der Waals surface area contributed by atoms with Crippen molar-refractivity contribution in [2.75, 3.05) is 39.4 Å². The van der Waals surface area contributed by atoms with Crippen molar-refractivity contribution in [3.8, 4) is 0 Å². The van der Waals surface area contributed by atoms with E-state index in [9.17, 15) is 4.79 Å². The lowest BCUT2D eigenvalue weighted by molar-refractivity contribution is 0.0954. The molecule has 0 spiro atoms. The second kappa shape index (κ2) is 14.2. The van der Waals surface area contributed by atoms with Crippen LogP contribution < -0.4 is 16.0 Å². The number of aliphatic imine (C=N–C) groups is 1. The Morgan fingerprint density at radius 1 is 1.26 bits per heavy atom. The van der Waals surface area contributed by atoms with Gasteiger partial charge in [0.15, 0.2) is 5.96 Å². The van der Waals surface area contributed by atoms with Crippen LogP contribution in [0.2, 0.25) is 0 Å². The molecule has 0 radical (unpaired) electrons. The predicted octanol–water partition coefficient (Wildman–Crippen LogP) is 3.17. The summed E-state index contributed by atoms with van der Waals surface area (Å²) in [6.45, 7) is 6.37. The second-order valence-electron chi connectivity index (χ2n) is 6.33. The summed E-state index contributed by atoms with van der Waals surface area (Å²) < 4.78 is 6.51. The van der Waals surface area contributed by atoms with Crippen molar-refractivity contribution >= 4 is 51.8 Å². The van der Waals surface area contributed by atoms with Gasteiger partial charge in [0.05, 0.1) is 0 Å². The van der Waals surface area contributed by atoms with E-state index < -0.39 is 0 Å². The van der Waals surface area contributed by atoms with Crippen LogP contribution in [0.1, 0.15) is 36.5 Å². The van der Waals surface area contributed by atoms with Gasteiger partial charge < -0.3 is 20.7 Å². The number of amides is 1. The number of hydrogen-bond acceptors (Lipinski definition) is 3. The molecule has 152 valence electrons. The lowest BCUT2D eigenvalue weighted by Gasteiger charge is -2.12. The van der Waals surface area contributed by atoms with Gasteiger partial charge in [0, 0.05) is 49.4 Å². The van der Waals surface area contributed by atoms with Gasteiger partial charge in [-0.3, -0.25) is 9.79 Å². The Hall–Kier alpha value is -0.870. The molecular weight excluding hydrogens is 523 g/mol. The highest BCUT2D eigenvalue weighted by Gasteiger charge is 2.20. The van der Waals surface area contributed by atoms with Gasteiger partial charge >= 0.3 is 0 Å². The zero-order chi connectivity index (χ0) is 18.6. The van der Waals surface area contributed by atoms with Crippen molar-refractivity contribution in [2.24, 2.45) is 10.9 Å². The fraction of sp³-hybridized carbons (Fsp3) is 0.579. The molecule has 1 aliphatic carbocycles. The van der Waals surface area contributed by atoms with E-state index in [1.54, 1.807) is 12.1 Å². The molecule has 0 aliphatic heterocycles. The average Bonchev–Trinajstić information content (AvgIpc) is 3.45. The minimum atomic E-state index is -0.0807. The first-order chi connectivity index (χ1) is 12.7. The zero-order valence-electron chi connectivity index (χ0n) is 15.8. The molecule has 8 heteroatoms. The van der Waals surface area contributed by atoms with E-state index >= 15 is 0 Å². The Bertz CT molecular complexity index is 597. The number of halogens is 2. The van der Waals surface area contributed by atoms with Gasteiger partial charge in [-0.1, -0.05) is 22.0 Å². The van der Waals surface area contributed by atoms with E-state index in [2.05, 4.69) is 36.9 Å². The fourth-order valence-electron chi connectivity index (χ4n) is 2.32. The molecule has 0 bridgehead atoms. The third-order valence-electron chi connectivity index (χ3n) is 3.90. The van der Waals surface area contributed by atoms with E-state index in [-0.39, 0.29) is 29.9 Å². The van der Waals surface area contributed by atoms with E-state index in [1.165, 1.54) is 12.8 Å². The summed E-state index contributed by atoms with van der Waals surface area (Å²) >= 11 is 3.37. The Kier molecular flexibility index (Phi) is 12.7. The smallest absolute Gasteiger partial charge is 0.251 e. The SMILES string of the molecule is CCNC(=NCCCOCC1CC1)NCCNC(=O)c1cccc(Br)c1.I. The van der Waals surface area contributed by atoms with Crippen LogP contribution in [0.25, 0.3) is 0 Å². The summed E-state index contributed by atoms with van der Waals surface area (Å²) in [5.74, 6) is 1.50. The quantitative estimate of drug-likeness (QED) is 0.171. The Labute approximate surface area is 187 Å². The summed E-state index contributed by atoms with van der Waals surface area (Å²) in [7, 11) is 0. The van der Waals surface area contributed by atoms with Crippen molar-refractivity contribution in [3.63, 3.8) is 0 Å². The van der Waals surface area contributed by atoms with Crippen LogP contribution in [-0.4, -0.2) is 51.3 Å². The molecule has 0 heterocycles. The molecule has 2 rings (SSSR count). The van der Waals surface area contributed by atoms with Crippen LogP contribution in [0.5, 0.6) is 0 Å². The maximum absolute atomic E-state index is 12.1. The van der Waals surface area contributed by atoms with Crippen LogP contribution in [-0.2, 0) is 4.74 Å². The average molecular weight is 553 g/mol. The summed E-state index contributed by atoms with van der Waals surface area (Å²) in [6, 6.07) is 7.35. The van der Waals surface area contributed by atoms with Crippen LogP contribution in [0.3, 0.4) is 0 Å². The minimum absolute atomic E-state index is 0. The monoisotopic (exact) mass is 552 g/mol. The first-order valence-corrected chi connectivity index (χ1v) is 10.1. The van der Waals surface area contributed by atoms with Crippen LogP contribution in [0, 0.1) is 5.92 Å². The molecule has 1 fully saturated rings. The summed E-state index contributed by atoms with van der Waals surface area (Å²) in [5, 5.41) is 9.34. The van der Waals surface area contributed by atoms with Crippen LogP contribution >= 0.6 is 39.9 Å². The number of nitrogens with one attached hydrogen (secondary N) is 3. The molecule has 6 nitrogen and oxygen atoms in total. The summed E-state index contributed by atoms with van der Waals surface area (Å²) in [5.41, 5.74) is 0.645. The molecule has 1 saturated carbocycles. The largest absolute Gasteiger partial charge is 0.381 e. The maximum atomic E-state index is 12.1. The van der Waals surface area contributed by atoms with E-state index in [1.807, 2.05) is 19.1 Å². The van der Waals surface area contributed by atoms with Gasteiger partial charge in [-0.2, -0.15) is 0 Å². The summed E-state index contributed by atoms with van der Waals surface area (Å²) in [4.78, 5) is 16.6. The lowest BCUT2D eigenvalue weighted by Crippen LogP contribution is -2.41. The minimum Gasteiger partial charge on any atom is -0.381 e. The highest BCUT2D eigenvalue weighted by molar-refractivity contribution is 14.0. The van der Waals surface area contributed by atoms with Crippen molar-refractivity contribution in [3.05, 3.63) is 34.3 Å². The number of ether oxygens (including phenoxy) is 1. The number of hydrogen-bond donors (Lipinski definition) is 3. The first-order valence-electron chi connectivity index (χ1n) is 9.32. The number of guanidine groups is 1. The number of nitrogens with zero attached hydrogens (tertiary/aromatic N) is 1. The normalized spacial score (nSPS) is 13.6. The highest BCUT2D eigenvalue weighted by atomic mass is 127. The summed E-state index contributed by atoms with van der Waals surface area (Å²) in [6.07, 6.45) is 3.57. The number of carbonyl (C=O) groups excluding carboxylic acids is 1. The van der Waals surface area contributed by atoms with Crippen molar-refractivity contribution in [1.82, 2.24) is 16.0 Å². The molecule has 3 N–H and O–H groups in total. The number of carbonyl (C=O) groups is 1. The third kappa shape index (κ3) is 10.9. The molecule has 27 heavy (non-hydrogen) atoms. The standard InChI is InChI=1S/C19H29BrN4O2.HI/c1-2-21-19(23-9-4-12-26-14-15-7-8-15)24-11-10-22-18(25)16-5-3-6-17(20)13-16;/h3,5-6,13,15H,2,4,7-12,14H2,1H3,(H,22,25)(H2,21,23,24);1H. The third-order valence-corrected chi connectivity index (χ3v) is 4.39. The van der Waals surface area contributed by atoms with Gasteiger partial charge in [0.1, 0.15) is 0 Å². The molecule has 1 aliphatic rings. The van der Waals surface area contributed by atoms with Gasteiger partial charge in [-0.25, -0.2) is 0 Å². The van der Waals surface area contributed by atoms with Crippen LogP contribution in [0.4, 0.5) is 0 Å². The molecular formula is C19H30BrIN4O2. The van der Waals surface area contributed by atoms with Gasteiger partial charge in [0.2, 0.25) is 0 Å². The van der Waals surface area contributed by atoms with Gasteiger partial charge in [-0.05, 0) is 50.3 Å². The fourth-order valence-corrected chi connectivity index (χ4v) is 2.72. The molecule has 0 aromatic heterocycles. The molecule has 1 aromatic carbocycles. The van der Waals surface area contributed by atoms with Crippen molar-refractivity contribution in [1.29, 1.82) is 0 Å². The zero-order valence-corrected chi connectivity index (χ0v) is 19.7. The Morgan fingerprint density at radius 2 is 2.04 bits per heavy atom. The molecule has 0 saturated heterocycles. The van der Waals surface area contributed by atoms with Gasteiger partial charge in [-0.15, -0.1) is 24.0 Å². The Balaban J connectivity index is 0.00000364. The van der Waals surface area contributed by atoms with E-state index in [0.717, 1.165) is 49.1 Å². The van der Waals surface area contributed by atoms with Crippen molar-refractivity contribution < 1.29 is 9.53 Å². The number of benzene rings is 1. The molecule has 1 amide bonds. The lowest BCUT2D eigenvalue weighted by atomic mass is 10.2. The van der Waals surface area contributed by atoms with Crippen LogP contribution in [0.15, 0.2) is 33.7 Å². The predicted molar refractivity (Wildman–Crippen MR) is 124 cm³/mol. The topological polar surface area (TPSA) is 74.8 Å². The Morgan fingerprint density at radius 3 is 2.74 bits per heavy atom. The first kappa shape index (κ1) is 24.2. The molecule has 0 unspecified atom stereocenters. The molecule has 1 aromatic rings.